The maximum Gasteiger partial charge on any atom is 0.130 e. The van der Waals surface area contributed by atoms with Gasteiger partial charge >= 0.3 is 0 Å². The number of nitrogens with one attached hydrogen (secondary N) is 1. The van der Waals surface area contributed by atoms with Crippen LogP contribution in [0, 0.1) is 0 Å². The summed E-state index contributed by atoms with van der Waals surface area (Å²) in [5, 5.41) is 17.9. The lowest BCUT2D eigenvalue weighted by Gasteiger charge is -2.12. The molecule has 1 atom stereocenters. The van der Waals surface area contributed by atoms with Gasteiger partial charge in [0.05, 0.1) is 12.2 Å². The van der Waals surface area contributed by atoms with Crippen LogP contribution in [0.5, 0.6) is 5.75 Å². The van der Waals surface area contributed by atoms with E-state index < -0.39 is 0 Å². The molecule has 1 aliphatic rings. The standard InChI is InChI=1S/C11H11N3OS/c15-10-3-1-2-7-8(10)4-5-9(7)13-11-6-12-14-16-11/h1-3,6,9,13,15H,4-5H2. The molecule has 1 aliphatic carbocycles. The van der Waals surface area contributed by atoms with E-state index in [1.54, 1.807) is 12.3 Å². The van der Waals surface area contributed by atoms with Crippen molar-refractivity contribution in [3.63, 3.8) is 0 Å². The van der Waals surface area contributed by atoms with Crippen molar-refractivity contribution in [1.29, 1.82) is 0 Å². The van der Waals surface area contributed by atoms with Crippen LogP contribution >= 0.6 is 11.5 Å². The molecule has 2 aromatic rings. The lowest BCUT2D eigenvalue weighted by Crippen LogP contribution is -2.05. The molecule has 16 heavy (non-hydrogen) atoms. The third-order valence-corrected chi connectivity index (χ3v) is 3.52. The van der Waals surface area contributed by atoms with Crippen LogP contribution < -0.4 is 5.32 Å². The Morgan fingerprint density at radius 3 is 3.19 bits per heavy atom. The van der Waals surface area contributed by atoms with Gasteiger partial charge in [-0.3, -0.25) is 0 Å². The maximum absolute atomic E-state index is 9.73. The second-order valence-corrected chi connectivity index (χ2v) is 4.65. The minimum Gasteiger partial charge on any atom is -0.508 e. The van der Waals surface area contributed by atoms with Gasteiger partial charge in [-0.1, -0.05) is 16.6 Å². The van der Waals surface area contributed by atoms with Crippen molar-refractivity contribution in [2.75, 3.05) is 5.32 Å². The first kappa shape index (κ1) is 9.59. The molecule has 0 bridgehead atoms. The Morgan fingerprint density at radius 2 is 2.38 bits per heavy atom. The molecule has 0 spiro atoms. The number of fused-ring (bicyclic) bond motifs is 1. The number of benzene rings is 1. The van der Waals surface area contributed by atoms with Crippen LogP contribution in [0.2, 0.25) is 0 Å². The van der Waals surface area contributed by atoms with E-state index >= 15 is 0 Å². The highest BCUT2D eigenvalue weighted by Gasteiger charge is 2.24. The number of aromatic nitrogens is 2. The summed E-state index contributed by atoms with van der Waals surface area (Å²) >= 11 is 1.35. The lowest BCUT2D eigenvalue weighted by molar-refractivity contribution is 0.469. The number of hydrogen-bond acceptors (Lipinski definition) is 5. The number of nitrogens with zero attached hydrogens (tertiary/aromatic N) is 2. The average Bonchev–Trinajstić information content (AvgIpc) is 2.90. The summed E-state index contributed by atoms with van der Waals surface area (Å²) in [5.41, 5.74) is 2.26. The van der Waals surface area contributed by atoms with Crippen molar-refractivity contribution in [3.05, 3.63) is 35.5 Å². The summed E-state index contributed by atoms with van der Waals surface area (Å²) < 4.78 is 3.82. The van der Waals surface area contributed by atoms with E-state index in [-0.39, 0.29) is 6.04 Å². The van der Waals surface area contributed by atoms with Gasteiger partial charge < -0.3 is 10.4 Å². The van der Waals surface area contributed by atoms with Crippen LogP contribution in [0.3, 0.4) is 0 Å². The smallest absolute Gasteiger partial charge is 0.130 e. The highest BCUT2D eigenvalue weighted by molar-refractivity contribution is 7.09. The monoisotopic (exact) mass is 233 g/mol. The molecule has 2 N–H and O–H groups in total. The predicted octanol–water partition coefficient (Wildman–Crippen LogP) is 2.34. The molecule has 82 valence electrons. The van der Waals surface area contributed by atoms with Gasteiger partial charge in [0.2, 0.25) is 0 Å². The highest BCUT2D eigenvalue weighted by atomic mass is 32.1. The van der Waals surface area contributed by atoms with Gasteiger partial charge in [0, 0.05) is 11.5 Å². The fourth-order valence-electron chi connectivity index (χ4n) is 2.19. The Balaban J connectivity index is 1.89. The second kappa shape index (κ2) is 3.75. The molecular weight excluding hydrogens is 222 g/mol. The van der Waals surface area contributed by atoms with Crippen LogP contribution in [-0.4, -0.2) is 14.7 Å². The summed E-state index contributed by atoms with van der Waals surface area (Å²) in [6.45, 7) is 0. The molecule has 3 rings (SSSR count). The van der Waals surface area contributed by atoms with E-state index in [9.17, 15) is 5.11 Å². The summed E-state index contributed by atoms with van der Waals surface area (Å²) in [7, 11) is 0. The van der Waals surface area contributed by atoms with Gasteiger partial charge in [-0.15, -0.1) is 5.10 Å². The SMILES string of the molecule is Oc1cccc2c1CCC2Nc1cnns1. The lowest BCUT2D eigenvalue weighted by atomic mass is 10.1. The Bertz CT molecular complexity index is 498. The van der Waals surface area contributed by atoms with E-state index in [2.05, 4.69) is 21.0 Å². The Hall–Kier alpha value is -1.62. The van der Waals surface area contributed by atoms with Crippen LogP contribution in [0.1, 0.15) is 23.6 Å². The normalized spacial score (nSPS) is 18.4. The van der Waals surface area contributed by atoms with Gasteiger partial charge in [-0.25, -0.2) is 0 Å². The van der Waals surface area contributed by atoms with Gasteiger partial charge in [0.25, 0.3) is 0 Å². The molecule has 4 nitrogen and oxygen atoms in total. The number of phenols is 1. The Morgan fingerprint density at radius 1 is 1.44 bits per heavy atom. The van der Waals surface area contributed by atoms with E-state index in [0.29, 0.717) is 5.75 Å². The minimum atomic E-state index is 0.268. The fraction of sp³-hybridized carbons (Fsp3) is 0.273. The molecule has 0 saturated heterocycles. The van der Waals surface area contributed by atoms with Crippen LogP contribution in [0.15, 0.2) is 24.4 Å². The van der Waals surface area contributed by atoms with Crippen LogP contribution in [0.25, 0.3) is 0 Å². The summed E-state index contributed by atoms with van der Waals surface area (Å²) in [5.74, 6) is 0.407. The number of hydrogen-bond donors (Lipinski definition) is 2. The molecule has 1 aromatic heterocycles. The molecular formula is C11H11N3OS. The Labute approximate surface area is 97.1 Å². The molecule has 5 heteroatoms. The highest BCUT2D eigenvalue weighted by Crippen LogP contribution is 2.38. The summed E-state index contributed by atoms with van der Waals surface area (Å²) in [6.07, 6.45) is 3.65. The third kappa shape index (κ3) is 1.53. The first-order valence-electron chi connectivity index (χ1n) is 5.19. The number of aromatic hydroxyl groups is 1. The first-order chi connectivity index (χ1) is 7.84. The number of phenolic OH excluding ortho intramolecular Hbond substituents is 1. The zero-order valence-electron chi connectivity index (χ0n) is 8.55. The molecule has 0 radical (unpaired) electrons. The van der Waals surface area contributed by atoms with E-state index in [0.717, 1.165) is 23.4 Å². The van der Waals surface area contributed by atoms with Gasteiger partial charge in [0.15, 0.2) is 0 Å². The van der Waals surface area contributed by atoms with Gasteiger partial charge in [-0.05, 0) is 30.0 Å². The number of rotatable bonds is 2. The molecule has 0 amide bonds. The van der Waals surface area contributed by atoms with E-state index in [1.807, 2.05) is 6.07 Å². The summed E-state index contributed by atoms with van der Waals surface area (Å²) in [4.78, 5) is 0. The largest absolute Gasteiger partial charge is 0.508 e. The van der Waals surface area contributed by atoms with Gasteiger partial charge in [-0.2, -0.15) is 0 Å². The van der Waals surface area contributed by atoms with Crippen molar-refractivity contribution < 1.29 is 5.11 Å². The van der Waals surface area contributed by atoms with Gasteiger partial charge in [0.1, 0.15) is 10.8 Å². The maximum atomic E-state index is 9.73. The third-order valence-electron chi connectivity index (χ3n) is 2.92. The van der Waals surface area contributed by atoms with Crippen molar-refractivity contribution in [2.45, 2.75) is 18.9 Å². The quantitative estimate of drug-likeness (QED) is 0.836. The van der Waals surface area contributed by atoms with Crippen molar-refractivity contribution in [2.24, 2.45) is 0 Å². The molecule has 1 aromatic carbocycles. The van der Waals surface area contributed by atoms with E-state index in [4.69, 9.17) is 0 Å². The first-order valence-corrected chi connectivity index (χ1v) is 5.96. The zero-order valence-corrected chi connectivity index (χ0v) is 9.37. The topological polar surface area (TPSA) is 58.0 Å². The van der Waals surface area contributed by atoms with Crippen LogP contribution in [0.4, 0.5) is 5.00 Å². The fourth-order valence-corrected chi connectivity index (χ4v) is 2.66. The summed E-state index contributed by atoms with van der Waals surface area (Å²) in [6, 6.07) is 5.97. The second-order valence-electron chi connectivity index (χ2n) is 3.86. The molecule has 1 heterocycles. The van der Waals surface area contributed by atoms with E-state index in [1.165, 1.54) is 17.1 Å². The Kier molecular flexibility index (Phi) is 2.25. The minimum absolute atomic E-state index is 0.268. The zero-order chi connectivity index (χ0) is 11.0. The molecule has 0 aliphatic heterocycles. The van der Waals surface area contributed by atoms with Crippen LogP contribution in [-0.2, 0) is 6.42 Å². The predicted molar refractivity (Wildman–Crippen MR) is 62.7 cm³/mol. The molecule has 0 saturated carbocycles. The molecule has 1 unspecified atom stereocenters. The molecule has 0 fully saturated rings. The average molecular weight is 233 g/mol. The van der Waals surface area contributed by atoms with Crippen molar-refractivity contribution in [3.8, 4) is 5.75 Å². The van der Waals surface area contributed by atoms with Crippen molar-refractivity contribution >= 4 is 16.5 Å². The van der Waals surface area contributed by atoms with Crippen molar-refractivity contribution in [1.82, 2.24) is 9.59 Å². The number of anilines is 1.